The van der Waals surface area contributed by atoms with Crippen LogP contribution in [0.3, 0.4) is 0 Å². The first kappa shape index (κ1) is 12.0. The van der Waals surface area contributed by atoms with Crippen molar-refractivity contribution in [1.82, 2.24) is 9.97 Å². The molecule has 0 fully saturated rings. The summed E-state index contributed by atoms with van der Waals surface area (Å²) in [5.41, 5.74) is 1.97. The smallest absolute Gasteiger partial charge is 0.354 e. The van der Waals surface area contributed by atoms with Crippen LogP contribution >= 0.6 is 0 Å². The third-order valence-electron chi connectivity index (χ3n) is 2.61. The summed E-state index contributed by atoms with van der Waals surface area (Å²) < 4.78 is 5.50. The van der Waals surface area contributed by atoms with Crippen LogP contribution in [0.4, 0.5) is 0 Å². The van der Waals surface area contributed by atoms with Crippen LogP contribution in [0.5, 0.6) is 11.8 Å². The highest BCUT2D eigenvalue weighted by Crippen LogP contribution is 2.24. The molecular weight excluding hydrogens is 232 g/mol. The molecule has 1 aromatic carbocycles. The molecule has 0 aliphatic carbocycles. The molecule has 1 N–H and O–H groups in total. The van der Waals surface area contributed by atoms with E-state index < -0.39 is 5.97 Å². The lowest BCUT2D eigenvalue weighted by molar-refractivity contribution is 0.0689. The van der Waals surface area contributed by atoms with E-state index in [4.69, 9.17) is 9.84 Å². The van der Waals surface area contributed by atoms with Gasteiger partial charge in [0.2, 0.25) is 0 Å². The number of hydrogen-bond acceptors (Lipinski definition) is 4. The van der Waals surface area contributed by atoms with Gasteiger partial charge in [-0.1, -0.05) is 12.1 Å². The number of aromatic carboxylic acids is 1. The minimum atomic E-state index is -1.11. The Kier molecular flexibility index (Phi) is 3.23. The molecule has 0 bridgehead atoms. The normalized spacial score (nSPS) is 10.1. The zero-order valence-electron chi connectivity index (χ0n) is 10.0. The Morgan fingerprint density at radius 2 is 2.06 bits per heavy atom. The first-order valence-corrected chi connectivity index (χ1v) is 5.38. The van der Waals surface area contributed by atoms with Crippen LogP contribution < -0.4 is 4.74 Å². The first-order valence-electron chi connectivity index (χ1n) is 5.38. The summed E-state index contributed by atoms with van der Waals surface area (Å²) in [4.78, 5) is 18.5. The molecule has 0 saturated carbocycles. The molecule has 0 unspecified atom stereocenters. The van der Waals surface area contributed by atoms with Crippen molar-refractivity contribution in [3.05, 3.63) is 47.3 Å². The van der Waals surface area contributed by atoms with Crippen molar-refractivity contribution in [2.24, 2.45) is 0 Å². The average molecular weight is 244 g/mol. The fraction of sp³-hybridized carbons (Fsp3) is 0.154. The van der Waals surface area contributed by atoms with Crippen molar-refractivity contribution in [3.63, 3.8) is 0 Å². The molecule has 0 aliphatic rings. The molecule has 2 rings (SSSR count). The highest BCUT2D eigenvalue weighted by atomic mass is 16.5. The molecular formula is C13H12N2O3. The number of aryl methyl sites for hydroxylation is 1. The maximum absolute atomic E-state index is 10.8. The summed E-state index contributed by atoms with van der Waals surface area (Å²) in [6.45, 7) is 3.89. The van der Waals surface area contributed by atoms with Gasteiger partial charge in [-0.25, -0.2) is 9.78 Å². The van der Waals surface area contributed by atoms with Gasteiger partial charge in [-0.3, -0.25) is 0 Å². The summed E-state index contributed by atoms with van der Waals surface area (Å²) in [5, 5.41) is 8.83. The molecule has 0 aliphatic heterocycles. The Balaban J connectivity index is 2.31. The minimum absolute atomic E-state index is 0.0311. The van der Waals surface area contributed by atoms with E-state index in [1.807, 2.05) is 26.0 Å². The van der Waals surface area contributed by atoms with Crippen LogP contribution in [0.25, 0.3) is 0 Å². The van der Waals surface area contributed by atoms with E-state index in [1.54, 1.807) is 6.07 Å². The van der Waals surface area contributed by atoms with Gasteiger partial charge in [0.25, 0.3) is 0 Å². The zero-order valence-corrected chi connectivity index (χ0v) is 10.0. The molecule has 0 atom stereocenters. The molecule has 0 saturated heterocycles. The van der Waals surface area contributed by atoms with Crippen LogP contribution in [-0.2, 0) is 0 Å². The SMILES string of the molecule is Cc1cccc(Oc2nccc(C(=O)O)n2)c1C. The second kappa shape index (κ2) is 4.83. The Morgan fingerprint density at radius 1 is 1.28 bits per heavy atom. The number of hydrogen-bond donors (Lipinski definition) is 1. The number of aromatic nitrogens is 2. The summed E-state index contributed by atoms with van der Waals surface area (Å²) in [7, 11) is 0. The standard InChI is InChI=1S/C13H12N2O3/c1-8-4-3-5-11(9(8)2)18-13-14-7-6-10(15-13)12(16)17/h3-7H,1-2H3,(H,16,17). The van der Waals surface area contributed by atoms with Crippen LogP contribution in [0, 0.1) is 13.8 Å². The largest absolute Gasteiger partial charge is 0.477 e. The zero-order chi connectivity index (χ0) is 13.1. The monoisotopic (exact) mass is 244 g/mol. The Bertz CT molecular complexity index is 597. The second-order valence-corrected chi connectivity index (χ2v) is 3.83. The van der Waals surface area contributed by atoms with Gasteiger partial charge in [0.15, 0.2) is 5.69 Å². The topological polar surface area (TPSA) is 72.3 Å². The van der Waals surface area contributed by atoms with Gasteiger partial charge in [0, 0.05) is 6.20 Å². The summed E-state index contributed by atoms with van der Waals surface area (Å²) in [6.07, 6.45) is 1.36. The van der Waals surface area contributed by atoms with Crippen LogP contribution in [0.15, 0.2) is 30.5 Å². The van der Waals surface area contributed by atoms with E-state index in [0.717, 1.165) is 11.1 Å². The lowest BCUT2D eigenvalue weighted by Crippen LogP contribution is -2.02. The maximum Gasteiger partial charge on any atom is 0.354 e. The highest BCUT2D eigenvalue weighted by molar-refractivity contribution is 5.85. The van der Waals surface area contributed by atoms with Crippen LogP contribution in [0.2, 0.25) is 0 Å². The molecule has 92 valence electrons. The van der Waals surface area contributed by atoms with Crippen molar-refractivity contribution in [2.75, 3.05) is 0 Å². The van der Waals surface area contributed by atoms with Crippen LogP contribution in [0.1, 0.15) is 21.6 Å². The molecule has 0 spiro atoms. The van der Waals surface area contributed by atoms with Crippen molar-refractivity contribution in [1.29, 1.82) is 0 Å². The molecule has 0 radical (unpaired) electrons. The number of carboxylic acid groups (broad SMARTS) is 1. The predicted octanol–water partition coefficient (Wildman–Crippen LogP) is 2.58. The second-order valence-electron chi connectivity index (χ2n) is 3.83. The Morgan fingerprint density at radius 3 is 2.78 bits per heavy atom. The molecule has 18 heavy (non-hydrogen) atoms. The Hall–Kier alpha value is -2.43. The van der Waals surface area contributed by atoms with Crippen molar-refractivity contribution >= 4 is 5.97 Å². The third-order valence-corrected chi connectivity index (χ3v) is 2.61. The molecule has 0 amide bonds. The number of ether oxygens (including phenoxy) is 1. The minimum Gasteiger partial charge on any atom is -0.477 e. The average Bonchev–Trinajstić information content (AvgIpc) is 2.35. The number of benzene rings is 1. The lowest BCUT2D eigenvalue weighted by atomic mass is 10.1. The molecule has 5 nitrogen and oxygen atoms in total. The van der Waals surface area contributed by atoms with E-state index in [1.165, 1.54) is 12.3 Å². The van der Waals surface area contributed by atoms with Gasteiger partial charge >= 0.3 is 12.0 Å². The van der Waals surface area contributed by atoms with Crippen LogP contribution in [-0.4, -0.2) is 21.0 Å². The first-order chi connectivity index (χ1) is 8.58. The number of nitrogens with zero attached hydrogens (tertiary/aromatic N) is 2. The summed E-state index contributed by atoms with van der Waals surface area (Å²) in [5.74, 6) is -0.485. The summed E-state index contributed by atoms with van der Waals surface area (Å²) >= 11 is 0. The number of carbonyl (C=O) groups is 1. The van der Waals surface area contributed by atoms with Crippen molar-refractivity contribution in [3.8, 4) is 11.8 Å². The van der Waals surface area contributed by atoms with E-state index >= 15 is 0 Å². The highest BCUT2D eigenvalue weighted by Gasteiger charge is 2.09. The molecule has 1 aromatic heterocycles. The molecule has 2 aromatic rings. The molecule has 5 heteroatoms. The fourth-order valence-corrected chi connectivity index (χ4v) is 1.44. The van der Waals surface area contributed by atoms with E-state index in [-0.39, 0.29) is 11.7 Å². The maximum atomic E-state index is 10.8. The van der Waals surface area contributed by atoms with E-state index in [2.05, 4.69) is 9.97 Å². The van der Waals surface area contributed by atoms with Gasteiger partial charge in [-0.15, -0.1) is 0 Å². The number of rotatable bonds is 3. The van der Waals surface area contributed by atoms with Gasteiger partial charge in [-0.05, 0) is 37.1 Å². The molecule has 1 heterocycles. The Labute approximate surface area is 104 Å². The van der Waals surface area contributed by atoms with Crippen molar-refractivity contribution in [2.45, 2.75) is 13.8 Å². The third kappa shape index (κ3) is 2.45. The quantitative estimate of drug-likeness (QED) is 0.898. The van der Waals surface area contributed by atoms with Gasteiger partial charge in [0.1, 0.15) is 5.75 Å². The fourth-order valence-electron chi connectivity index (χ4n) is 1.44. The van der Waals surface area contributed by atoms with Gasteiger partial charge in [-0.2, -0.15) is 4.98 Å². The van der Waals surface area contributed by atoms with Gasteiger partial charge in [0.05, 0.1) is 0 Å². The van der Waals surface area contributed by atoms with Crippen molar-refractivity contribution < 1.29 is 14.6 Å². The van der Waals surface area contributed by atoms with E-state index in [9.17, 15) is 4.79 Å². The predicted molar refractivity (Wildman–Crippen MR) is 65.0 cm³/mol. The lowest BCUT2D eigenvalue weighted by Gasteiger charge is -2.08. The van der Waals surface area contributed by atoms with E-state index in [0.29, 0.717) is 5.75 Å². The van der Waals surface area contributed by atoms with Gasteiger partial charge < -0.3 is 9.84 Å². The summed E-state index contributed by atoms with van der Waals surface area (Å²) in [6, 6.07) is 6.97. The number of carboxylic acids is 1.